The zero-order chi connectivity index (χ0) is 9.97. The van der Waals surface area contributed by atoms with E-state index in [1.807, 2.05) is 18.2 Å². The van der Waals surface area contributed by atoms with Crippen LogP contribution < -0.4 is 5.73 Å². The zero-order valence-electron chi connectivity index (χ0n) is 7.44. The minimum absolute atomic E-state index is 0.391. The third-order valence-electron chi connectivity index (χ3n) is 1.91. The van der Waals surface area contributed by atoms with E-state index in [2.05, 4.69) is 16.0 Å². The summed E-state index contributed by atoms with van der Waals surface area (Å²) in [5, 5.41) is 8.53. The molecule has 0 amide bonds. The molecule has 2 N–H and O–H groups in total. The lowest BCUT2D eigenvalue weighted by atomic mass is 10.1. The van der Waals surface area contributed by atoms with Crippen molar-refractivity contribution in [2.75, 3.05) is 5.73 Å². The first kappa shape index (κ1) is 8.45. The summed E-state index contributed by atoms with van der Waals surface area (Å²) in [5.74, 6) is 0.408. The highest BCUT2D eigenvalue weighted by Gasteiger charge is 1.98. The Hall–Kier alpha value is -2.15. The summed E-state index contributed by atoms with van der Waals surface area (Å²) in [6.07, 6.45) is 1.90. The topological polar surface area (TPSA) is 75.6 Å². The van der Waals surface area contributed by atoms with Crippen molar-refractivity contribution >= 4 is 16.9 Å². The Bertz CT molecular complexity index is 513. The SMILES string of the molecule is N#CCc1ccc2nc(N)cnc2c1. The first-order chi connectivity index (χ1) is 6.79. The normalized spacial score (nSPS) is 9.93. The molecule has 0 saturated carbocycles. The molecule has 0 aliphatic heterocycles. The molecule has 1 heterocycles. The number of fused-ring (bicyclic) bond motifs is 1. The van der Waals surface area contributed by atoms with Gasteiger partial charge in [-0.1, -0.05) is 6.07 Å². The average Bonchev–Trinajstić information content (AvgIpc) is 2.19. The van der Waals surface area contributed by atoms with Crippen molar-refractivity contribution in [1.29, 1.82) is 5.26 Å². The Kier molecular flexibility index (Phi) is 1.99. The maximum atomic E-state index is 8.53. The smallest absolute Gasteiger partial charge is 0.142 e. The fourth-order valence-electron chi connectivity index (χ4n) is 1.27. The van der Waals surface area contributed by atoms with Gasteiger partial charge >= 0.3 is 0 Å². The summed E-state index contributed by atoms with van der Waals surface area (Å²) in [6, 6.07) is 7.62. The second-order valence-electron chi connectivity index (χ2n) is 2.95. The van der Waals surface area contributed by atoms with Crippen molar-refractivity contribution in [3.63, 3.8) is 0 Å². The van der Waals surface area contributed by atoms with E-state index >= 15 is 0 Å². The molecule has 2 aromatic rings. The molecule has 1 aromatic heterocycles. The first-order valence-corrected chi connectivity index (χ1v) is 4.18. The minimum atomic E-state index is 0.391. The Morgan fingerprint density at radius 3 is 3.00 bits per heavy atom. The van der Waals surface area contributed by atoms with Gasteiger partial charge in [0.1, 0.15) is 5.82 Å². The van der Waals surface area contributed by atoms with Gasteiger partial charge in [0.25, 0.3) is 0 Å². The second kappa shape index (κ2) is 3.30. The molecule has 0 bridgehead atoms. The maximum Gasteiger partial charge on any atom is 0.142 e. The van der Waals surface area contributed by atoms with Crippen LogP contribution in [0.2, 0.25) is 0 Å². The van der Waals surface area contributed by atoms with Gasteiger partial charge in [0.15, 0.2) is 0 Å². The summed E-state index contributed by atoms with van der Waals surface area (Å²) in [6.45, 7) is 0. The fourth-order valence-corrected chi connectivity index (χ4v) is 1.27. The Balaban J connectivity index is 2.57. The van der Waals surface area contributed by atoms with Gasteiger partial charge in [-0.25, -0.2) is 4.98 Å². The van der Waals surface area contributed by atoms with Crippen LogP contribution >= 0.6 is 0 Å². The number of benzene rings is 1. The molecular formula is C10H8N4. The van der Waals surface area contributed by atoms with E-state index in [0.29, 0.717) is 12.2 Å². The highest BCUT2D eigenvalue weighted by atomic mass is 14.9. The molecule has 68 valence electrons. The van der Waals surface area contributed by atoms with Crippen LogP contribution in [0.25, 0.3) is 11.0 Å². The zero-order valence-corrected chi connectivity index (χ0v) is 7.44. The summed E-state index contributed by atoms with van der Waals surface area (Å²) in [4.78, 5) is 8.24. The van der Waals surface area contributed by atoms with Gasteiger partial charge in [-0.3, -0.25) is 4.98 Å². The standard InChI is InChI=1S/C10H8N4/c11-4-3-7-1-2-8-9(5-7)13-6-10(12)14-8/h1-2,5-6H,3H2,(H2,12,14). The summed E-state index contributed by atoms with van der Waals surface area (Å²) in [7, 11) is 0. The van der Waals surface area contributed by atoms with E-state index in [1.54, 1.807) is 0 Å². The highest BCUT2D eigenvalue weighted by Crippen LogP contribution is 2.12. The number of anilines is 1. The van der Waals surface area contributed by atoms with Crippen LogP contribution in [-0.2, 0) is 6.42 Å². The molecule has 0 fully saturated rings. The number of hydrogen-bond acceptors (Lipinski definition) is 4. The lowest BCUT2D eigenvalue weighted by molar-refractivity contribution is 1.24. The summed E-state index contributed by atoms with van der Waals surface area (Å²) < 4.78 is 0. The molecule has 14 heavy (non-hydrogen) atoms. The minimum Gasteiger partial charge on any atom is -0.382 e. The van der Waals surface area contributed by atoms with Crippen LogP contribution in [0.4, 0.5) is 5.82 Å². The van der Waals surface area contributed by atoms with E-state index in [9.17, 15) is 0 Å². The van der Waals surface area contributed by atoms with Gasteiger partial charge in [0.2, 0.25) is 0 Å². The number of hydrogen-bond donors (Lipinski definition) is 1. The predicted molar refractivity (Wildman–Crippen MR) is 53.3 cm³/mol. The van der Waals surface area contributed by atoms with Crippen molar-refractivity contribution in [2.24, 2.45) is 0 Å². The van der Waals surface area contributed by atoms with E-state index in [1.165, 1.54) is 6.20 Å². The lowest BCUT2D eigenvalue weighted by Crippen LogP contribution is -1.93. The van der Waals surface area contributed by atoms with Crippen molar-refractivity contribution in [3.05, 3.63) is 30.0 Å². The molecule has 4 nitrogen and oxygen atoms in total. The van der Waals surface area contributed by atoms with Crippen molar-refractivity contribution in [3.8, 4) is 6.07 Å². The number of rotatable bonds is 1. The Morgan fingerprint density at radius 1 is 1.36 bits per heavy atom. The van der Waals surface area contributed by atoms with E-state index in [4.69, 9.17) is 11.0 Å². The third-order valence-corrected chi connectivity index (χ3v) is 1.91. The Morgan fingerprint density at radius 2 is 2.21 bits per heavy atom. The molecule has 0 aliphatic carbocycles. The van der Waals surface area contributed by atoms with E-state index in [0.717, 1.165) is 16.6 Å². The Labute approximate surface area is 81.0 Å². The van der Waals surface area contributed by atoms with Gasteiger partial charge < -0.3 is 5.73 Å². The van der Waals surface area contributed by atoms with Crippen molar-refractivity contribution in [2.45, 2.75) is 6.42 Å². The predicted octanol–water partition coefficient (Wildman–Crippen LogP) is 1.28. The van der Waals surface area contributed by atoms with Gasteiger partial charge in [-0.2, -0.15) is 5.26 Å². The van der Waals surface area contributed by atoms with Gasteiger partial charge in [-0.05, 0) is 17.7 Å². The second-order valence-corrected chi connectivity index (χ2v) is 2.95. The lowest BCUT2D eigenvalue weighted by Gasteiger charge is -1.99. The molecule has 0 radical (unpaired) electrons. The first-order valence-electron chi connectivity index (χ1n) is 4.18. The van der Waals surface area contributed by atoms with Crippen LogP contribution in [0.5, 0.6) is 0 Å². The molecule has 2 rings (SSSR count). The molecule has 0 atom stereocenters. The van der Waals surface area contributed by atoms with Crippen molar-refractivity contribution in [1.82, 2.24) is 9.97 Å². The van der Waals surface area contributed by atoms with Crippen LogP contribution in [0.3, 0.4) is 0 Å². The largest absolute Gasteiger partial charge is 0.382 e. The van der Waals surface area contributed by atoms with Crippen molar-refractivity contribution < 1.29 is 0 Å². The van der Waals surface area contributed by atoms with Crippen LogP contribution in [0.1, 0.15) is 5.56 Å². The monoisotopic (exact) mass is 184 g/mol. The molecule has 0 unspecified atom stereocenters. The molecule has 1 aromatic carbocycles. The summed E-state index contributed by atoms with van der Waals surface area (Å²) in [5.41, 5.74) is 7.96. The fraction of sp³-hybridized carbons (Fsp3) is 0.100. The number of aromatic nitrogens is 2. The molecule has 0 saturated heterocycles. The summed E-state index contributed by atoms with van der Waals surface area (Å²) >= 11 is 0. The van der Waals surface area contributed by atoms with E-state index in [-0.39, 0.29) is 0 Å². The van der Waals surface area contributed by atoms with Gasteiger partial charge in [0, 0.05) is 0 Å². The van der Waals surface area contributed by atoms with Gasteiger partial charge in [-0.15, -0.1) is 0 Å². The van der Waals surface area contributed by atoms with E-state index < -0.39 is 0 Å². The molecular weight excluding hydrogens is 176 g/mol. The average molecular weight is 184 g/mol. The van der Waals surface area contributed by atoms with Crippen LogP contribution in [-0.4, -0.2) is 9.97 Å². The molecule has 4 heteroatoms. The van der Waals surface area contributed by atoms with Crippen LogP contribution in [0, 0.1) is 11.3 Å². The maximum absolute atomic E-state index is 8.53. The number of nitriles is 1. The quantitative estimate of drug-likeness (QED) is 0.724. The highest BCUT2D eigenvalue weighted by molar-refractivity contribution is 5.76. The molecule has 0 spiro atoms. The number of nitrogens with two attached hydrogens (primary N) is 1. The number of nitrogen functional groups attached to an aromatic ring is 1. The molecule has 0 aliphatic rings. The van der Waals surface area contributed by atoms with Crippen LogP contribution in [0.15, 0.2) is 24.4 Å². The number of nitrogens with zero attached hydrogens (tertiary/aromatic N) is 3. The third kappa shape index (κ3) is 1.48. The van der Waals surface area contributed by atoms with Gasteiger partial charge in [0.05, 0.1) is 29.7 Å².